The lowest BCUT2D eigenvalue weighted by molar-refractivity contribution is -0.124. The summed E-state index contributed by atoms with van der Waals surface area (Å²) in [6.45, 7) is 1.93. The highest BCUT2D eigenvalue weighted by molar-refractivity contribution is 5.83. The van der Waals surface area contributed by atoms with Crippen molar-refractivity contribution < 1.29 is 4.79 Å². The molecular weight excluding hydrogens is 238 g/mol. The normalized spacial score (nSPS) is 17.7. The van der Waals surface area contributed by atoms with Crippen molar-refractivity contribution in [2.24, 2.45) is 0 Å². The van der Waals surface area contributed by atoms with E-state index < -0.39 is 0 Å². The zero-order valence-corrected chi connectivity index (χ0v) is 11.2. The minimum atomic E-state index is -0.215. The molecule has 1 aliphatic carbocycles. The molecule has 0 saturated heterocycles. The molecule has 2 aromatic rings. The van der Waals surface area contributed by atoms with Crippen molar-refractivity contribution in [2.45, 2.75) is 44.7 Å². The molecule has 0 radical (unpaired) electrons. The average Bonchev–Trinajstić information content (AvgIpc) is 3.06. The summed E-state index contributed by atoms with van der Waals surface area (Å²) in [5.41, 5.74) is 1.94. The molecule has 0 aliphatic heterocycles. The maximum Gasteiger partial charge on any atom is 0.243 e. The van der Waals surface area contributed by atoms with Crippen LogP contribution in [0.15, 0.2) is 30.6 Å². The Labute approximate surface area is 112 Å². The third-order valence-electron chi connectivity index (χ3n) is 3.98. The molecule has 1 amide bonds. The summed E-state index contributed by atoms with van der Waals surface area (Å²) >= 11 is 0. The molecule has 0 bridgehead atoms. The summed E-state index contributed by atoms with van der Waals surface area (Å²) in [5, 5.41) is 3.14. The van der Waals surface area contributed by atoms with Crippen LogP contribution in [0.4, 0.5) is 0 Å². The first-order valence-electron chi connectivity index (χ1n) is 6.97. The molecule has 3 rings (SSSR count). The van der Waals surface area contributed by atoms with Gasteiger partial charge >= 0.3 is 0 Å². The fraction of sp³-hybridized carbons (Fsp3) is 0.467. The lowest BCUT2D eigenvalue weighted by Crippen LogP contribution is -2.37. The Morgan fingerprint density at radius 2 is 2.11 bits per heavy atom. The highest BCUT2D eigenvalue weighted by Crippen LogP contribution is 2.20. The van der Waals surface area contributed by atoms with Crippen LogP contribution in [0.25, 0.3) is 11.0 Å². The van der Waals surface area contributed by atoms with Gasteiger partial charge in [0.1, 0.15) is 6.04 Å². The van der Waals surface area contributed by atoms with E-state index in [0.29, 0.717) is 6.04 Å². The van der Waals surface area contributed by atoms with E-state index in [1.165, 1.54) is 12.8 Å². The first-order valence-corrected chi connectivity index (χ1v) is 6.97. The number of aromatic nitrogens is 2. The summed E-state index contributed by atoms with van der Waals surface area (Å²) < 4.78 is 1.94. The number of nitrogens with zero attached hydrogens (tertiary/aromatic N) is 2. The number of hydrogen-bond acceptors (Lipinski definition) is 2. The number of nitrogens with one attached hydrogen (secondary N) is 1. The van der Waals surface area contributed by atoms with Gasteiger partial charge in [0, 0.05) is 6.04 Å². The second-order valence-corrected chi connectivity index (χ2v) is 5.31. The van der Waals surface area contributed by atoms with Crippen molar-refractivity contribution >= 4 is 16.9 Å². The number of para-hydroxylation sites is 2. The molecular formula is C15H19N3O. The first-order chi connectivity index (χ1) is 9.25. The molecule has 19 heavy (non-hydrogen) atoms. The van der Waals surface area contributed by atoms with Crippen molar-refractivity contribution in [1.82, 2.24) is 14.9 Å². The summed E-state index contributed by atoms with van der Waals surface area (Å²) in [6, 6.07) is 8.05. The molecule has 0 unspecified atom stereocenters. The molecule has 4 nitrogen and oxygen atoms in total. The number of benzene rings is 1. The van der Waals surface area contributed by atoms with Crippen LogP contribution < -0.4 is 5.32 Å². The maximum atomic E-state index is 12.3. The van der Waals surface area contributed by atoms with Gasteiger partial charge in [0.25, 0.3) is 0 Å². The van der Waals surface area contributed by atoms with Crippen LogP contribution in [-0.4, -0.2) is 21.5 Å². The minimum absolute atomic E-state index is 0.0926. The Kier molecular flexibility index (Phi) is 3.23. The highest BCUT2D eigenvalue weighted by atomic mass is 16.2. The van der Waals surface area contributed by atoms with Crippen LogP contribution in [0.3, 0.4) is 0 Å². The number of imidazole rings is 1. The van der Waals surface area contributed by atoms with Gasteiger partial charge in [0.05, 0.1) is 17.4 Å². The number of amides is 1. The largest absolute Gasteiger partial charge is 0.352 e. The third kappa shape index (κ3) is 2.35. The molecule has 1 aromatic carbocycles. The fourth-order valence-corrected chi connectivity index (χ4v) is 2.81. The van der Waals surface area contributed by atoms with Gasteiger partial charge in [-0.25, -0.2) is 4.98 Å². The van der Waals surface area contributed by atoms with E-state index in [0.717, 1.165) is 23.9 Å². The van der Waals surface area contributed by atoms with E-state index in [1.54, 1.807) is 6.33 Å². The van der Waals surface area contributed by atoms with Crippen molar-refractivity contribution in [3.63, 3.8) is 0 Å². The molecule has 0 spiro atoms. The fourth-order valence-electron chi connectivity index (χ4n) is 2.81. The van der Waals surface area contributed by atoms with E-state index in [4.69, 9.17) is 0 Å². The molecule has 1 aliphatic rings. The predicted octanol–water partition coefficient (Wildman–Crippen LogP) is 2.66. The number of carbonyl (C=O) groups excluding carboxylic acids is 1. The van der Waals surface area contributed by atoms with Crippen LogP contribution in [0.2, 0.25) is 0 Å². The van der Waals surface area contributed by atoms with Crippen molar-refractivity contribution in [3.8, 4) is 0 Å². The van der Waals surface area contributed by atoms with Gasteiger partial charge in [0.2, 0.25) is 5.91 Å². The van der Waals surface area contributed by atoms with Crippen LogP contribution in [0.5, 0.6) is 0 Å². The molecule has 1 saturated carbocycles. The van der Waals surface area contributed by atoms with Gasteiger partial charge in [0.15, 0.2) is 0 Å². The van der Waals surface area contributed by atoms with Crippen LogP contribution in [0.1, 0.15) is 38.6 Å². The Bertz CT molecular complexity index is 584. The second-order valence-electron chi connectivity index (χ2n) is 5.31. The molecule has 1 aromatic heterocycles. The standard InChI is InChI=1S/C15H19N3O/c1-11(15(19)17-12-6-2-3-7-12)18-10-16-13-8-4-5-9-14(13)18/h4-5,8-12H,2-3,6-7H2,1H3,(H,17,19)/t11-/m0/s1. The molecule has 1 N–H and O–H groups in total. The van der Waals surface area contributed by atoms with Gasteiger partial charge in [-0.3, -0.25) is 4.79 Å². The van der Waals surface area contributed by atoms with Crippen molar-refractivity contribution in [1.29, 1.82) is 0 Å². The van der Waals surface area contributed by atoms with Gasteiger partial charge in [-0.1, -0.05) is 25.0 Å². The zero-order chi connectivity index (χ0) is 13.2. The topological polar surface area (TPSA) is 46.9 Å². The van der Waals surface area contributed by atoms with Crippen molar-refractivity contribution in [3.05, 3.63) is 30.6 Å². The number of fused-ring (bicyclic) bond motifs is 1. The zero-order valence-electron chi connectivity index (χ0n) is 11.2. The first kappa shape index (κ1) is 12.2. The molecule has 4 heteroatoms. The summed E-state index contributed by atoms with van der Waals surface area (Å²) in [6.07, 6.45) is 6.44. The molecule has 100 valence electrons. The average molecular weight is 257 g/mol. The van der Waals surface area contributed by atoms with Gasteiger partial charge in [-0.2, -0.15) is 0 Å². The second kappa shape index (κ2) is 5.03. The van der Waals surface area contributed by atoms with E-state index in [1.807, 2.05) is 35.8 Å². The SMILES string of the molecule is C[C@@H](C(=O)NC1CCCC1)n1cnc2ccccc21. The summed E-state index contributed by atoms with van der Waals surface area (Å²) in [4.78, 5) is 16.6. The van der Waals surface area contributed by atoms with E-state index in [9.17, 15) is 4.79 Å². The summed E-state index contributed by atoms with van der Waals surface area (Å²) in [7, 11) is 0. The highest BCUT2D eigenvalue weighted by Gasteiger charge is 2.22. The Hall–Kier alpha value is -1.84. The minimum Gasteiger partial charge on any atom is -0.352 e. The third-order valence-corrected chi connectivity index (χ3v) is 3.98. The maximum absolute atomic E-state index is 12.3. The monoisotopic (exact) mass is 257 g/mol. The van der Waals surface area contributed by atoms with Crippen molar-refractivity contribution in [2.75, 3.05) is 0 Å². The molecule has 1 heterocycles. The number of carbonyl (C=O) groups is 1. The number of hydrogen-bond donors (Lipinski definition) is 1. The Balaban J connectivity index is 1.78. The Morgan fingerprint density at radius 1 is 1.37 bits per heavy atom. The predicted molar refractivity (Wildman–Crippen MR) is 74.8 cm³/mol. The van der Waals surface area contributed by atoms with Gasteiger partial charge < -0.3 is 9.88 Å². The van der Waals surface area contributed by atoms with E-state index >= 15 is 0 Å². The van der Waals surface area contributed by atoms with E-state index in [-0.39, 0.29) is 11.9 Å². The quantitative estimate of drug-likeness (QED) is 0.919. The smallest absolute Gasteiger partial charge is 0.243 e. The van der Waals surface area contributed by atoms with Crippen LogP contribution >= 0.6 is 0 Å². The lowest BCUT2D eigenvalue weighted by Gasteiger charge is -2.18. The van der Waals surface area contributed by atoms with Gasteiger partial charge in [-0.15, -0.1) is 0 Å². The molecule has 1 fully saturated rings. The van der Waals surface area contributed by atoms with Crippen LogP contribution in [0, 0.1) is 0 Å². The number of rotatable bonds is 3. The Morgan fingerprint density at radius 3 is 2.89 bits per heavy atom. The lowest BCUT2D eigenvalue weighted by atomic mass is 10.2. The molecule has 1 atom stereocenters. The van der Waals surface area contributed by atoms with E-state index in [2.05, 4.69) is 10.3 Å². The van der Waals surface area contributed by atoms with Crippen LogP contribution in [-0.2, 0) is 4.79 Å². The summed E-state index contributed by atoms with van der Waals surface area (Å²) in [5.74, 6) is 0.0926. The van der Waals surface area contributed by atoms with Gasteiger partial charge in [-0.05, 0) is 31.9 Å².